The van der Waals surface area contributed by atoms with Crippen LogP contribution in [0.15, 0.2) is 16.3 Å². The normalized spacial score (nSPS) is 22.8. The molecular formula is C14H22ClN3O3S2. The van der Waals surface area contributed by atoms with Gasteiger partial charge >= 0.3 is 0 Å². The van der Waals surface area contributed by atoms with E-state index in [0.29, 0.717) is 31.1 Å². The lowest BCUT2D eigenvalue weighted by molar-refractivity contribution is 0.0710. The number of hydrogen-bond acceptors (Lipinski definition) is 5. The average molecular weight is 380 g/mol. The summed E-state index contributed by atoms with van der Waals surface area (Å²) in [4.78, 5) is 14.8. The fourth-order valence-electron chi connectivity index (χ4n) is 3.06. The van der Waals surface area contributed by atoms with E-state index in [2.05, 4.69) is 0 Å². The van der Waals surface area contributed by atoms with Crippen molar-refractivity contribution < 1.29 is 13.2 Å². The van der Waals surface area contributed by atoms with E-state index in [9.17, 15) is 13.2 Å². The Labute approximate surface area is 147 Å². The van der Waals surface area contributed by atoms with Crippen LogP contribution in [0.5, 0.6) is 0 Å². The molecule has 6 nitrogen and oxygen atoms in total. The maximum atomic E-state index is 12.7. The molecule has 0 spiro atoms. The lowest BCUT2D eigenvalue weighted by Crippen LogP contribution is -2.45. The summed E-state index contributed by atoms with van der Waals surface area (Å²) in [6.07, 6.45) is 3.54. The van der Waals surface area contributed by atoms with E-state index in [0.717, 1.165) is 25.7 Å². The quantitative estimate of drug-likeness (QED) is 0.862. The van der Waals surface area contributed by atoms with Crippen LogP contribution < -0.4 is 5.73 Å². The molecule has 0 aromatic carbocycles. The maximum absolute atomic E-state index is 12.7. The number of nitrogens with zero attached hydrogens (tertiary/aromatic N) is 2. The van der Waals surface area contributed by atoms with Crippen molar-refractivity contribution in [3.63, 3.8) is 0 Å². The largest absolute Gasteiger partial charge is 0.336 e. The molecule has 3 rings (SSSR count). The molecule has 2 aliphatic heterocycles. The van der Waals surface area contributed by atoms with Crippen molar-refractivity contribution in [2.75, 3.05) is 26.2 Å². The molecule has 2 N–H and O–H groups in total. The Bertz CT molecular complexity index is 656. The summed E-state index contributed by atoms with van der Waals surface area (Å²) >= 11 is 1.20. The van der Waals surface area contributed by atoms with Crippen molar-refractivity contribution in [3.8, 4) is 0 Å². The van der Waals surface area contributed by atoms with Crippen molar-refractivity contribution in [2.24, 2.45) is 5.73 Å². The number of amides is 1. The molecule has 3 heterocycles. The van der Waals surface area contributed by atoms with Gasteiger partial charge < -0.3 is 10.6 Å². The summed E-state index contributed by atoms with van der Waals surface area (Å²) in [5.74, 6) is -0.206. The fourth-order valence-corrected chi connectivity index (χ4v) is 5.94. The van der Waals surface area contributed by atoms with Crippen molar-refractivity contribution >= 4 is 39.7 Å². The number of carbonyl (C=O) groups excluding carboxylic acids is 1. The van der Waals surface area contributed by atoms with Gasteiger partial charge in [0.05, 0.1) is 0 Å². The molecule has 0 saturated carbocycles. The second kappa shape index (κ2) is 7.48. The molecule has 1 unspecified atom stereocenters. The van der Waals surface area contributed by atoms with E-state index in [-0.39, 0.29) is 29.3 Å². The summed E-state index contributed by atoms with van der Waals surface area (Å²) in [5.41, 5.74) is 5.92. The van der Waals surface area contributed by atoms with Crippen molar-refractivity contribution in [2.45, 2.75) is 36.6 Å². The number of piperidine rings is 1. The van der Waals surface area contributed by atoms with Crippen LogP contribution in [0, 0.1) is 0 Å². The molecule has 0 aliphatic carbocycles. The molecule has 1 amide bonds. The molecular weight excluding hydrogens is 358 g/mol. The van der Waals surface area contributed by atoms with Gasteiger partial charge in [-0.3, -0.25) is 4.79 Å². The van der Waals surface area contributed by atoms with Gasteiger partial charge in [-0.25, -0.2) is 8.42 Å². The van der Waals surface area contributed by atoms with Crippen LogP contribution >= 0.6 is 23.7 Å². The average Bonchev–Trinajstić information content (AvgIpc) is 3.18. The van der Waals surface area contributed by atoms with Crippen LogP contribution in [0.1, 0.15) is 35.4 Å². The van der Waals surface area contributed by atoms with E-state index < -0.39 is 10.0 Å². The number of nitrogens with two attached hydrogens (primary N) is 1. The predicted octanol–water partition coefficient (Wildman–Crippen LogP) is 1.52. The zero-order valence-corrected chi connectivity index (χ0v) is 15.3. The molecule has 1 atom stereocenters. The first kappa shape index (κ1) is 18.7. The first-order chi connectivity index (χ1) is 10.5. The molecule has 2 fully saturated rings. The lowest BCUT2D eigenvalue weighted by atomic mass is 10.1. The summed E-state index contributed by atoms with van der Waals surface area (Å²) in [6.45, 7) is 2.23. The van der Waals surface area contributed by atoms with Gasteiger partial charge in [-0.15, -0.1) is 23.7 Å². The first-order valence-electron chi connectivity index (χ1n) is 7.62. The lowest BCUT2D eigenvalue weighted by Gasteiger charge is -2.30. The summed E-state index contributed by atoms with van der Waals surface area (Å²) in [5, 5.41) is 1.68. The van der Waals surface area contributed by atoms with Crippen LogP contribution in [0.4, 0.5) is 0 Å². The highest BCUT2D eigenvalue weighted by molar-refractivity contribution is 7.89. The number of thiophene rings is 1. The standard InChI is InChI=1S/C14H21N3O3S2.ClH/c15-11-4-3-6-16(10-11)14(18)13-12(5-9-21-13)22(19,20)17-7-1-2-8-17;/h5,9,11H,1-4,6-8,10,15H2;1H. The summed E-state index contributed by atoms with van der Waals surface area (Å²) in [6, 6.07) is 1.53. The van der Waals surface area contributed by atoms with Gasteiger partial charge in [-0.05, 0) is 37.1 Å². The predicted molar refractivity (Wildman–Crippen MR) is 92.7 cm³/mol. The monoisotopic (exact) mass is 379 g/mol. The number of halogens is 1. The highest BCUT2D eigenvalue weighted by Gasteiger charge is 2.33. The Morgan fingerprint density at radius 3 is 2.57 bits per heavy atom. The Kier molecular flexibility index (Phi) is 6.07. The van der Waals surface area contributed by atoms with Gasteiger partial charge in [0.15, 0.2) is 0 Å². The third kappa shape index (κ3) is 3.71. The first-order valence-corrected chi connectivity index (χ1v) is 9.94. The van der Waals surface area contributed by atoms with Gasteiger partial charge in [-0.2, -0.15) is 4.31 Å². The zero-order chi connectivity index (χ0) is 15.7. The van der Waals surface area contributed by atoms with Crippen LogP contribution in [0.25, 0.3) is 0 Å². The minimum atomic E-state index is -3.56. The van der Waals surface area contributed by atoms with E-state index in [1.165, 1.54) is 15.6 Å². The van der Waals surface area contributed by atoms with Crippen LogP contribution in [-0.2, 0) is 10.0 Å². The Morgan fingerprint density at radius 2 is 1.91 bits per heavy atom. The molecule has 9 heteroatoms. The number of rotatable bonds is 3. The smallest absolute Gasteiger partial charge is 0.265 e. The second-order valence-corrected chi connectivity index (χ2v) is 8.70. The minimum absolute atomic E-state index is 0. The number of likely N-dealkylation sites (tertiary alicyclic amines) is 1. The van der Waals surface area contributed by atoms with Crippen LogP contribution in [-0.4, -0.2) is 55.8 Å². The molecule has 2 saturated heterocycles. The zero-order valence-electron chi connectivity index (χ0n) is 12.8. The summed E-state index contributed by atoms with van der Waals surface area (Å²) < 4.78 is 26.9. The number of sulfonamides is 1. The van der Waals surface area contributed by atoms with Crippen LogP contribution in [0.3, 0.4) is 0 Å². The highest BCUT2D eigenvalue weighted by atomic mass is 35.5. The van der Waals surface area contributed by atoms with Crippen molar-refractivity contribution in [1.29, 1.82) is 0 Å². The van der Waals surface area contributed by atoms with Crippen molar-refractivity contribution in [3.05, 3.63) is 16.3 Å². The maximum Gasteiger partial charge on any atom is 0.265 e. The van der Waals surface area contributed by atoms with E-state index >= 15 is 0 Å². The second-order valence-electron chi connectivity index (χ2n) is 5.88. The molecule has 1 aromatic rings. The number of carbonyl (C=O) groups is 1. The van der Waals surface area contributed by atoms with Gasteiger partial charge in [0.1, 0.15) is 9.77 Å². The van der Waals surface area contributed by atoms with Gasteiger partial charge in [0, 0.05) is 32.2 Å². The minimum Gasteiger partial charge on any atom is -0.336 e. The third-order valence-corrected chi connectivity index (χ3v) is 7.22. The Balaban J connectivity index is 0.00000192. The fraction of sp³-hybridized carbons (Fsp3) is 0.643. The molecule has 0 bridgehead atoms. The molecule has 2 aliphatic rings. The molecule has 130 valence electrons. The number of hydrogen-bond donors (Lipinski definition) is 1. The van der Waals surface area contributed by atoms with E-state index in [1.54, 1.807) is 16.3 Å². The Morgan fingerprint density at radius 1 is 1.22 bits per heavy atom. The van der Waals surface area contributed by atoms with Gasteiger partial charge in [0.25, 0.3) is 5.91 Å². The molecule has 23 heavy (non-hydrogen) atoms. The molecule has 0 radical (unpaired) electrons. The van der Waals surface area contributed by atoms with E-state index in [1.807, 2.05) is 0 Å². The topological polar surface area (TPSA) is 83.7 Å². The summed E-state index contributed by atoms with van der Waals surface area (Å²) in [7, 11) is -3.56. The van der Waals surface area contributed by atoms with Crippen molar-refractivity contribution in [1.82, 2.24) is 9.21 Å². The Hall–Kier alpha value is -0.670. The van der Waals surface area contributed by atoms with Gasteiger partial charge in [0.2, 0.25) is 10.0 Å². The highest BCUT2D eigenvalue weighted by Crippen LogP contribution is 2.29. The van der Waals surface area contributed by atoms with Gasteiger partial charge in [-0.1, -0.05) is 0 Å². The van der Waals surface area contributed by atoms with Crippen LogP contribution in [0.2, 0.25) is 0 Å². The SMILES string of the molecule is Cl.NC1CCCN(C(=O)c2sccc2S(=O)(=O)N2CCCC2)C1. The van der Waals surface area contributed by atoms with E-state index in [4.69, 9.17) is 5.73 Å². The molecule has 1 aromatic heterocycles. The third-order valence-electron chi connectivity index (χ3n) is 4.25.